The van der Waals surface area contributed by atoms with Crippen LogP contribution in [0.1, 0.15) is 83.8 Å². The van der Waals surface area contributed by atoms with Gasteiger partial charge in [-0.3, -0.25) is 14.4 Å². The third-order valence-electron chi connectivity index (χ3n) is 13.3. The molecular formula is C44H51NO16. The minimum atomic E-state index is -2.35. The van der Waals surface area contributed by atoms with Crippen molar-refractivity contribution in [2.45, 2.75) is 121 Å². The summed E-state index contributed by atoms with van der Waals surface area (Å²) < 4.78 is 42.0. The van der Waals surface area contributed by atoms with Gasteiger partial charge in [0, 0.05) is 30.6 Å². The number of ether oxygens (including phenoxy) is 7. The Morgan fingerprint density at radius 1 is 0.934 bits per heavy atom. The lowest BCUT2D eigenvalue weighted by Crippen LogP contribution is -2.84. The molecule has 328 valence electrons. The zero-order chi connectivity index (χ0) is 44.6. The summed E-state index contributed by atoms with van der Waals surface area (Å²) in [7, 11) is 0. The Kier molecular flexibility index (Phi) is 10.9. The molecule has 2 aliphatic heterocycles. The van der Waals surface area contributed by atoms with Gasteiger partial charge in [0.2, 0.25) is 11.6 Å². The van der Waals surface area contributed by atoms with Crippen LogP contribution in [0.25, 0.3) is 0 Å². The molecule has 5 aliphatic rings. The van der Waals surface area contributed by atoms with Crippen molar-refractivity contribution in [3.05, 3.63) is 71.8 Å². The van der Waals surface area contributed by atoms with Gasteiger partial charge in [-0.05, 0) is 45.4 Å². The number of ketones is 2. The van der Waals surface area contributed by atoms with E-state index in [1.54, 1.807) is 69.3 Å². The SMILES string of the molecule is CC(=O)O[C@@]12CO[C@@H]1C[C@H](O)[C@@]1(C)C(=O)C(=O)C3C(C)[C@@H](OC(=O)[C@H](O)[C@@H](NC(=O)OC(C)(C)C)c4ccccc4)[C@@H]4OC(=O)O[C@]4([C@@H](OC(=O)c4ccccc4)[C@H]21)C3(C)C. The average Bonchev–Trinajstić information content (AvgIpc) is 3.55. The lowest BCUT2D eigenvalue weighted by atomic mass is 9.42. The first kappa shape index (κ1) is 43.7. The number of aliphatic hydroxyl groups is 2. The molecule has 2 saturated heterocycles. The molecule has 2 aromatic rings. The molecule has 17 heteroatoms. The second kappa shape index (κ2) is 15.2. The number of fused-ring (bicyclic) bond motifs is 4. The Morgan fingerprint density at radius 2 is 1.56 bits per heavy atom. The molecule has 61 heavy (non-hydrogen) atoms. The van der Waals surface area contributed by atoms with E-state index in [9.17, 15) is 34.2 Å². The van der Waals surface area contributed by atoms with Crippen LogP contribution in [0.15, 0.2) is 60.7 Å². The van der Waals surface area contributed by atoms with Crippen LogP contribution in [-0.2, 0) is 52.3 Å². The minimum absolute atomic E-state index is 0.0280. The number of hydrogen-bond donors (Lipinski definition) is 3. The lowest BCUT2D eigenvalue weighted by Gasteiger charge is -2.67. The summed E-state index contributed by atoms with van der Waals surface area (Å²) >= 11 is 0. The molecule has 3 saturated carbocycles. The minimum Gasteiger partial charge on any atom is -0.456 e. The number of esters is 3. The molecule has 7 rings (SSSR count). The van der Waals surface area contributed by atoms with Crippen LogP contribution in [0.3, 0.4) is 0 Å². The highest BCUT2D eigenvalue weighted by Crippen LogP contribution is 2.67. The van der Waals surface area contributed by atoms with E-state index in [0.29, 0.717) is 0 Å². The van der Waals surface area contributed by atoms with E-state index in [4.69, 9.17) is 33.2 Å². The van der Waals surface area contributed by atoms with Crippen LogP contribution < -0.4 is 5.32 Å². The third kappa shape index (κ3) is 6.84. The number of aliphatic hydroxyl groups excluding tert-OH is 2. The molecule has 13 atom stereocenters. The predicted molar refractivity (Wildman–Crippen MR) is 207 cm³/mol. The quantitative estimate of drug-likeness (QED) is 0.196. The number of rotatable bonds is 8. The van der Waals surface area contributed by atoms with Crippen LogP contribution >= 0.6 is 0 Å². The highest BCUT2D eigenvalue weighted by molar-refractivity contribution is 6.40. The second-order valence-electron chi connectivity index (χ2n) is 18.4. The van der Waals surface area contributed by atoms with E-state index in [1.165, 1.54) is 39.8 Å². The normalized spacial score (nSPS) is 35.7. The fraction of sp³-hybridized carbons (Fsp3) is 0.568. The summed E-state index contributed by atoms with van der Waals surface area (Å²) in [5.41, 5.74) is -8.70. The molecule has 0 aromatic heterocycles. The lowest BCUT2D eigenvalue weighted by molar-refractivity contribution is -0.350. The van der Waals surface area contributed by atoms with Crippen LogP contribution in [0.4, 0.5) is 9.59 Å². The largest absolute Gasteiger partial charge is 0.509 e. The van der Waals surface area contributed by atoms with E-state index >= 15 is 9.59 Å². The summed E-state index contributed by atoms with van der Waals surface area (Å²) in [5.74, 6) is -9.60. The summed E-state index contributed by atoms with van der Waals surface area (Å²) in [5, 5.41) is 26.2. The van der Waals surface area contributed by atoms with Gasteiger partial charge in [0.05, 0.1) is 35.6 Å². The maximum Gasteiger partial charge on any atom is 0.509 e. The number of carbonyl (C=O) groups is 7. The number of carbonyl (C=O) groups excluding carboxylic acids is 7. The van der Waals surface area contributed by atoms with E-state index in [0.717, 1.165) is 6.92 Å². The van der Waals surface area contributed by atoms with Crippen molar-refractivity contribution in [3.8, 4) is 0 Å². The van der Waals surface area contributed by atoms with Crippen molar-refractivity contribution in [2.75, 3.05) is 6.61 Å². The Labute approximate surface area is 351 Å². The van der Waals surface area contributed by atoms with Gasteiger partial charge in [0.1, 0.15) is 17.8 Å². The fourth-order valence-corrected chi connectivity index (χ4v) is 10.6. The molecular weight excluding hydrogens is 798 g/mol. The van der Waals surface area contributed by atoms with Gasteiger partial charge in [-0.1, -0.05) is 69.3 Å². The first-order valence-corrected chi connectivity index (χ1v) is 20.2. The summed E-state index contributed by atoms with van der Waals surface area (Å²) in [6.07, 6.45) is -12.7. The molecule has 3 aliphatic carbocycles. The number of hydrogen-bond acceptors (Lipinski definition) is 16. The molecule has 3 N–H and O–H groups in total. The molecule has 5 fully saturated rings. The number of alkyl carbamates (subject to hydrolysis) is 1. The summed E-state index contributed by atoms with van der Waals surface area (Å²) in [6.45, 7) is 11.5. The molecule has 1 amide bonds. The van der Waals surface area contributed by atoms with Crippen LogP contribution in [0, 0.1) is 28.6 Å². The van der Waals surface area contributed by atoms with Crippen molar-refractivity contribution in [2.24, 2.45) is 28.6 Å². The highest BCUT2D eigenvalue weighted by atomic mass is 16.8. The Morgan fingerprint density at radius 3 is 2.13 bits per heavy atom. The number of benzene rings is 2. The predicted octanol–water partition coefficient (Wildman–Crippen LogP) is 3.56. The first-order chi connectivity index (χ1) is 28.5. The Bertz CT molecular complexity index is 2120. The molecule has 1 spiro atoms. The fourth-order valence-electron chi connectivity index (χ4n) is 10.6. The van der Waals surface area contributed by atoms with Crippen molar-refractivity contribution in [1.29, 1.82) is 0 Å². The molecule has 0 radical (unpaired) electrons. The van der Waals surface area contributed by atoms with Gasteiger partial charge in [-0.25, -0.2) is 19.2 Å². The van der Waals surface area contributed by atoms with Gasteiger partial charge < -0.3 is 48.7 Å². The van der Waals surface area contributed by atoms with Crippen molar-refractivity contribution in [1.82, 2.24) is 5.32 Å². The Hall–Kier alpha value is -5.39. The summed E-state index contributed by atoms with van der Waals surface area (Å²) in [6, 6.07) is 14.3. The zero-order valence-electron chi connectivity index (χ0n) is 35.1. The molecule has 2 aromatic carbocycles. The van der Waals surface area contributed by atoms with Crippen molar-refractivity contribution >= 4 is 41.7 Å². The van der Waals surface area contributed by atoms with Crippen LogP contribution in [0.5, 0.6) is 0 Å². The number of amides is 1. The monoisotopic (exact) mass is 849 g/mol. The maximum absolute atomic E-state index is 15.1. The third-order valence-corrected chi connectivity index (χ3v) is 13.3. The van der Waals surface area contributed by atoms with E-state index in [1.807, 2.05) is 0 Å². The van der Waals surface area contributed by atoms with E-state index in [2.05, 4.69) is 5.32 Å². The smallest absolute Gasteiger partial charge is 0.456 e. The maximum atomic E-state index is 15.1. The van der Waals surface area contributed by atoms with E-state index < -0.39 is 130 Å². The standard InChI is InChI=1S/C44H51NO16/c1-21-27-29(48)33(50)42(8)25(47)19-26-43(20-55-26,59-22(2)46)32(42)35(57-36(51)24-17-13-10-14-18-24)44(41(27,6)7)34(58-39(54)61-44)31(21)56-37(52)30(49)28(23-15-11-9-12-16-23)45-38(53)60-40(3,4)5/h9-18,21,25-28,30-32,34-35,47,49H,19-20H2,1-8H3,(H,45,53)/t21?,25-,26+,27?,28-,30+,31+,32-,34-,35-,42+,43-,44+/m0/s1. The molecule has 2 heterocycles. The van der Waals surface area contributed by atoms with Gasteiger partial charge in [-0.15, -0.1) is 0 Å². The Balaban J connectivity index is 1.40. The van der Waals surface area contributed by atoms with Gasteiger partial charge in [-0.2, -0.15) is 0 Å². The van der Waals surface area contributed by atoms with Crippen LogP contribution in [0.2, 0.25) is 0 Å². The molecule has 17 nitrogen and oxygen atoms in total. The number of Topliss-reactive ketones (excluding diaryl/α,β-unsaturated/α-hetero) is 2. The topological polar surface area (TPSA) is 237 Å². The molecule has 2 unspecified atom stereocenters. The summed E-state index contributed by atoms with van der Waals surface area (Å²) in [4.78, 5) is 98.6. The first-order valence-electron chi connectivity index (χ1n) is 20.2. The van der Waals surface area contributed by atoms with Gasteiger partial charge >= 0.3 is 30.2 Å². The number of nitrogens with one attached hydrogen (secondary N) is 1. The highest BCUT2D eigenvalue weighted by Gasteiger charge is 2.84. The van der Waals surface area contributed by atoms with Gasteiger partial charge in [0.15, 0.2) is 29.5 Å². The zero-order valence-corrected chi connectivity index (χ0v) is 35.1. The van der Waals surface area contributed by atoms with Crippen molar-refractivity contribution < 1.29 is 76.9 Å². The van der Waals surface area contributed by atoms with Crippen molar-refractivity contribution in [3.63, 3.8) is 0 Å². The van der Waals surface area contributed by atoms with Gasteiger partial charge in [0.25, 0.3) is 0 Å². The second-order valence-corrected chi connectivity index (χ2v) is 18.4. The van der Waals surface area contributed by atoms with E-state index in [-0.39, 0.29) is 24.2 Å². The van der Waals surface area contributed by atoms with Crippen LogP contribution in [-0.4, -0.2) is 112 Å². The average molecular weight is 850 g/mol. The molecule has 2 bridgehead atoms.